The predicted octanol–water partition coefficient (Wildman–Crippen LogP) is -0.268. The molecule has 9 heavy (non-hydrogen) atoms. The predicted molar refractivity (Wildman–Crippen MR) is 37.2 cm³/mol. The van der Waals surface area contributed by atoms with Crippen molar-refractivity contribution >= 4 is 5.91 Å². The second kappa shape index (κ2) is 5.56. The highest BCUT2D eigenvalue weighted by Gasteiger charge is 1.87. The van der Waals surface area contributed by atoms with Crippen LogP contribution in [0.15, 0.2) is 0 Å². The maximum Gasteiger partial charge on any atom is 0.216 e. The van der Waals surface area contributed by atoms with E-state index in [0.29, 0.717) is 0 Å². The van der Waals surface area contributed by atoms with Crippen molar-refractivity contribution in [2.75, 3.05) is 20.1 Å². The van der Waals surface area contributed by atoms with Crippen LogP contribution in [0.5, 0.6) is 0 Å². The Morgan fingerprint density at radius 1 is 1.44 bits per heavy atom. The van der Waals surface area contributed by atoms with E-state index in [1.807, 2.05) is 7.05 Å². The lowest BCUT2D eigenvalue weighted by atomic mass is 10.4. The molecular weight excluding hydrogens is 116 g/mol. The van der Waals surface area contributed by atoms with E-state index in [4.69, 9.17) is 0 Å². The summed E-state index contributed by atoms with van der Waals surface area (Å²) in [5.41, 5.74) is 0. The van der Waals surface area contributed by atoms with Crippen molar-refractivity contribution in [3.63, 3.8) is 0 Å². The third-order valence-corrected chi connectivity index (χ3v) is 0.977. The molecule has 0 aliphatic heterocycles. The van der Waals surface area contributed by atoms with Crippen molar-refractivity contribution in [1.29, 1.82) is 0 Å². The van der Waals surface area contributed by atoms with Gasteiger partial charge in [-0.1, -0.05) is 0 Å². The fourth-order valence-electron chi connectivity index (χ4n) is 0.530. The van der Waals surface area contributed by atoms with Crippen molar-refractivity contribution in [3.8, 4) is 0 Å². The Kier molecular flexibility index (Phi) is 5.21. The first kappa shape index (κ1) is 8.43. The molecule has 54 valence electrons. The summed E-state index contributed by atoms with van der Waals surface area (Å²) >= 11 is 0. The third-order valence-electron chi connectivity index (χ3n) is 0.977. The van der Waals surface area contributed by atoms with Gasteiger partial charge in [0.2, 0.25) is 5.91 Å². The molecule has 0 saturated carbocycles. The molecule has 0 saturated heterocycles. The Balaban J connectivity index is 2.83. The Hall–Kier alpha value is -0.570. The molecule has 2 N–H and O–H groups in total. The first-order valence-corrected chi connectivity index (χ1v) is 3.16. The lowest BCUT2D eigenvalue weighted by Crippen LogP contribution is -2.23. The van der Waals surface area contributed by atoms with Crippen LogP contribution in [0.3, 0.4) is 0 Å². The molecule has 0 aliphatic rings. The second-order valence-corrected chi connectivity index (χ2v) is 1.94. The van der Waals surface area contributed by atoms with Gasteiger partial charge in [-0.05, 0) is 20.0 Å². The molecule has 0 spiro atoms. The summed E-state index contributed by atoms with van der Waals surface area (Å²) in [5, 5.41) is 5.69. The maximum atomic E-state index is 10.3. The minimum atomic E-state index is 0.0473. The lowest BCUT2D eigenvalue weighted by molar-refractivity contribution is -0.118. The monoisotopic (exact) mass is 130 g/mol. The van der Waals surface area contributed by atoms with Gasteiger partial charge in [0.05, 0.1) is 0 Å². The summed E-state index contributed by atoms with van der Waals surface area (Å²) in [4.78, 5) is 10.3. The largest absolute Gasteiger partial charge is 0.356 e. The molecule has 0 aliphatic carbocycles. The first-order valence-electron chi connectivity index (χ1n) is 3.16. The fourth-order valence-corrected chi connectivity index (χ4v) is 0.530. The van der Waals surface area contributed by atoms with E-state index in [9.17, 15) is 4.79 Å². The molecule has 1 amide bonds. The van der Waals surface area contributed by atoms with E-state index >= 15 is 0 Å². The Bertz CT molecular complexity index is 83.1. The van der Waals surface area contributed by atoms with Crippen molar-refractivity contribution in [2.45, 2.75) is 13.3 Å². The fraction of sp³-hybridized carbons (Fsp3) is 0.833. The number of carbonyl (C=O) groups is 1. The lowest BCUT2D eigenvalue weighted by Gasteiger charge is -1.99. The zero-order valence-electron chi connectivity index (χ0n) is 6.03. The number of rotatable bonds is 4. The zero-order chi connectivity index (χ0) is 7.11. The van der Waals surface area contributed by atoms with E-state index in [-0.39, 0.29) is 5.91 Å². The summed E-state index contributed by atoms with van der Waals surface area (Å²) < 4.78 is 0. The van der Waals surface area contributed by atoms with Crippen LogP contribution in [0.1, 0.15) is 13.3 Å². The first-order chi connectivity index (χ1) is 4.27. The molecule has 0 radical (unpaired) electrons. The number of hydrogen-bond donors (Lipinski definition) is 2. The van der Waals surface area contributed by atoms with Crippen LogP contribution < -0.4 is 10.6 Å². The van der Waals surface area contributed by atoms with Gasteiger partial charge in [-0.25, -0.2) is 0 Å². The standard InChI is InChI=1S/C6H14N2O/c1-6(9)8-5-3-4-7-2/h7H,3-5H2,1-2H3,(H,8,9). The average molecular weight is 130 g/mol. The molecule has 0 fully saturated rings. The third kappa shape index (κ3) is 7.43. The number of carbonyl (C=O) groups excluding carboxylic acids is 1. The molecule has 0 atom stereocenters. The molecule has 0 aromatic carbocycles. The molecule has 0 unspecified atom stereocenters. The molecule has 0 aromatic heterocycles. The van der Waals surface area contributed by atoms with Crippen molar-refractivity contribution in [1.82, 2.24) is 10.6 Å². The summed E-state index contributed by atoms with van der Waals surface area (Å²) in [6.45, 7) is 3.26. The van der Waals surface area contributed by atoms with Crippen LogP contribution in [0.25, 0.3) is 0 Å². The van der Waals surface area contributed by atoms with Crippen LogP contribution in [0.4, 0.5) is 0 Å². The summed E-state index contributed by atoms with van der Waals surface area (Å²) in [5.74, 6) is 0.0473. The highest BCUT2D eigenvalue weighted by Crippen LogP contribution is 1.70. The summed E-state index contributed by atoms with van der Waals surface area (Å²) in [6.07, 6.45) is 0.996. The van der Waals surface area contributed by atoms with E-state index in [1.54, 1.807) is 0 Å². The van der Waals surface area contributed by atoms with Crippen molar-refractivity contribution < 1.29 is 4.79 Å². The molecular formula is C6H14N2O. The van der Waals surface area contributed by atoms with E-state index in [1.165, 1.54) is 6.92 Å². The molecule has 0 heterocycles. The Labute approximate surface area is 55.8 Å². The van der Waals surface area contributed by atoms with E-state index < -0.39 is 0 Å². The topological polar surface area (TPSA) is 41.1 Å². The van der Waals surface area contributed by atoms with Gasteiger partial charge in [0, 0.05) is 13.5 Å². The van der Waals surface area contributed by atoms with Gasteiger partial charge in [0.1, 0.15) is 0 Å². The number of amides is 1. The molecule has 3 nitrogen and oxygen atoms in total. The maximum absolute atomic E-state index is 10.3. The van der Waals surface area contributed by atoms with Gasteiger partial charge >= 0.3 is 0 Å². The SMILES string of the molecule is CNCCCNC(C)=O. The van der Waals surface area contributed by atoms with Crippen LogP contribution in [-0.2, 0) is 4.79 Å². The Morgan fingerprint density at radius 3 is 2.56 bits per heavy atom. The molecule has 0 bridgehead atoms. The molecule has 3 heteroatoms. The average Bonchev–Trinajstić information content (AvgIpc) is 1.80. The minimum absolute atomic E-state index is 0.0473. The van der Waals surface area contributed by atoms with Crippen LogP contribution in [0.2, 0.25) is 0 Å². The summed E-state index contributed by atoms with van der Waals surface area (Å²) in [7, 11) is 1.90. The van der Waals surface area contributed by atoms with Crippen LogP contribution in [0, 0.1) is 0 Å². The van der Waals surface area contributed by atoms with Gasteiger partial charge in [0.15, 0.2) is 0 Å². The smallest absolute Gasteiger partial charge is 0.216 e. The van der Waals surface area contributed by atoms with Gasteiger partial charge in [0.25, 0.3) is 0 Å². The summed E-state index contributed by atoms with van der Waals surface area (Å²) in [6, 6.07) is 0. The van der Waals surface area contributed by atoms with E-state index in [2.05, 4.69) is 10.6 Å². The molecule has 0 aromatic rings. The molecule has 0 rings (SSSR count). The van der Waals surface area contributed by atoms with Gasteiger partial charge in [-0.15, -0.1) is 0 Å². The van der Waals surface area contributed by atoms with Gasteiger partial charge < -0.3 is 10.6 Å². The van der Waals surface area contributed by atoms with Crippen LogP contribution in [-0.4, -0.2) is 26.0 Å². The van der Waals surface area contributed by atoms with Crippen LogP contribution >= 0.6 is 0 Å². The highest BCUT2D eigenvalue weighted by atomic mass is 16.1. The number of hydrogen-bond acceptors (Lipinski definition) is 2. The zero-order valence-corrected chi connectivity index (χ0v) is 6.03. The van der Waals surface area contributed by atoms with Gasteiger partial charge in [-0.2, -0.15) is 0 Å². The second-order valence-electron chi connectivity index (χ2n) is 1.94. The van der Waals surface area contributed by atoms with E-state index in [0.717, 1.165) is 19.5 Å². The van der Waals surface area contributed by atoms with Crippen molar-refractivity contribution in [2.24, 2.45) is 0 Å². The van der Waals surface area contributed by atoms with Crippen molar-refractivity contribution in [3.05, 3.63) is 0 Å². The highest BCUT2D eigenvalue weighted by molar-refractivity contribution is 5.72. The quantitative estimate of drug-likeness (QED) is 0.514. The number of nitrogens with one attached hydrogen (secondary N) is 2. The minimum Gasteiger partial charge on any atom is -0.356 e. The van der Waals surface area contributed by atoms with Gasteiger partial charge in [-0.3, -0.25) is 4.79 Å². The normalized spacial score (nSPS) is 9.11. The Morgan fingerprint density at radius 2 is 2.11 bits per heavy atom.